The Labute approximate surface area is 117 Å². The molecule has 2 rings (SSSR count). The Morgan fingerprint density at radius 1 is 1.53 bits per heavy atom. The second kappa shape index (κ2) is 6.16. The van der Waals surface area contributed by atoms with Crippen LogP contribution in [0.2, 0.25) is 0 Å². The predicted octanol–water partition coefficient (Wildman–Crippen LogP) is 0.687. The van der Waals surface area contributed by atoms with Gasteiger partial charge in [-0.05, 0) is 25.3 Å². The van der Waals surface area contributed by atoms with E-state index in [1.807, 2.05) is 23.3 Å². The third-order valence-corrected chi connectivity index (χ3v) is 4.37. The molecule has 2 amide bonds. The lowest BCUT2D eigenvalue weighted by Crippen LogP contribution is -2.58. The zero-order valence-corrected chi connectivity index (χ0v) is 12.0. The minimum Gasteiger partial charge on any atom is -0.342 e. The largest absolute Gasteiger partial charge is 0.342 e. The van der Waals surface area contributed by atoms with Crippen molar-refractivity contribution in [2.24, 2.45) is 0 Å². The van der Waals surface area contributed by atoms with E-state index in [9.17, 15) is 9.59 Å². The molecule has 6 heteroatoms. The molecule has 1 aromatic rings. The lowest BCUT2D eigenvalue weighted by Gasteiger charge is -2.38. The lowest BCUT2D eigenvalue weighted by molar-refractivity contribution is -0.133. The van der Waals surface area contributed by atoms with Crippen LogP contribution < -0.4 is 10.6 Å². The molecule has 1 saturated heterocycles. The van der Waals surface area contributed by atoms with Crippen LogP contribution in [0.15, 0.2) is 17.5 Å². The van der Waals surface area contributed by atoms with Gasteiger partial charge in [-0.2, -0.15) is 0 Å². The fourth-order valence-corrected chi connectivity index (χ4v) is 2.80. The van der Waals surface area contributed by atoms with Crippen LogP contribution in [0.1, 0.15) is 23.5 Å². The van der Waals surface area contributed by atoms with Gasteiger partial charge in [0.25, 0.3) is 5.91 Å². The van der Waals surface area contributed by atoms with E-state index in [-0.39, 0.29) is 30.4 Å². The molecule has 1 aliphatic rings. The number of hydrogen-bond donors (Lipinski definition) is 2. The van der Waals surface area contributed by atoms with Gasteiger partial charge in [0.1, 0.15) is 0 Å². The minimum absolute atomic E-state index is 0.0224. The number of nitrogens with zero attached hydrogens (tertiary/aromatic N) is 1. The van der Waals surface area contributed by atoms with Gasteiger partial charge in [0.2, 0.25) is 5.91 Å². The van der Waals surface area contributed by atoms with Gasteiger partial charge in [-0.1, -0.05) is 6.07 Å². The molecule has 104 valence electrons. The van der Waals surface area contributed by atoms with Gasteiger partial charge in [-0.15, -0.1) is 11.3 Å². The highest BCUT2D eigenvalue weighted by atomic mass is 32.1. The number of piperazine rings is 1. The number of amides is 2. The van der Waals surface area contributed by atoms with Crippen molar-refractivity contribution in [1.82, 2.24) is 15.5 Å². The number of nitrogens with one attached hydrogen (secondary N) is 2. The van der Waals surface area contributed by atoms with Crippen LogP contribution in [0.5, 0.6) is 0 Å². The van der Waals surface area contributed by atoms with Crippen LogP contribution in [0.4, 0.5) is 0 Å². The van der Waals surface area contributed by atoms with E-state index in [0.717, 1.165) is 6.54 Å². The Morgan fingerprint density at radius 3 is 3.00 bits per heavy atom. The molecule has 0 aliphatic carbocycles. The molecule has 1 aliphatic heterocycles. The summed E-state index contributed by atoms with van der Waals surface area (Å²) in [5.74, 6) is -0.204. The van der Waals surface area contributed by atoms with Crippen molar-refractivity contribution in [3.05, 3.63) is 22.4 Å². The molecule has 1 fully saturated rings. The van der Waals surface area contributed by atoms with Gasteiger partial charge in [0.15, 0.2) is 0 Å². The molecular formula is C13H19N3O2S. The van der Waals surface area contributed by atoms with E-state index in [4.69, 9.17) is 0 Å². The molecule has 1 aromatic heterocycles. The highest BCUT2D eigenvalue weighted by Gasteiger charge is 2.27. The third kappa shape index (κ3) is 3.33. The van der Waals surface area contributed by atoms with E-state index < -0.39 is 0 Å². The lowest BCUT2D eigenvalue weighted by atomic mass is 10.1. The summed E-state index contributed by atoms with van der Waals surface area (Å²) in [4.78, 5) is 26.3. The summed E-state index contributed by atoms with van der Waals surface area (Å²) in [6, 6.07) is 4.01. The zero-order valence-electron chi connectivity index (χ0n) is 11.2. The second-order valence-electron chi connectivity index (χ2n) is 4.73. The SMILES string of the molecule is CC1NCCN(C(=O)CNC(=O)c2cccs2)C1C. The summed E-state index contributed by atoms with van der Waals surface area (Å²) >= 11 is 1.37. The maximum Gasteiger partial charge on any atom is 0.261 e. The number of rotatable bonds is 3. The van der Waals surface area contributed by atoms with Crippen molar-refractivity contribution in [2.75, 3.05) is 19.6 Å². The van der Waals surface area contributed by atoms with Crippen molar-refractivity contribution < 1.29 is 9.59 Å². The Kier molecular flexibility index (Phi) is 4.55. The van der Waals surface area contributed by atoms with Gasteiger partial charge in [-0.25, -0.2) is 0 Å². The van der Waals surface area contributed by atoms with Crippen LogP contribution in [0.25, 0.3) is 0 Å². The monoisotopic (exact) mass is 281 g/mol. The Balaban J connectivity index is 1.86. The first-order valence-corrected chi connectivity index (χ1v) is 7.32. The Bertz CT molecular complexity index is 447. The van der Waals surface area contributed by atoms with Crippen molar-refractivity contribution in [1.29, 1.82) is 0 Å². The molecule has 0 bridgehead atoms. The van der Waals surface area contributed by atoms with E-state index in [1.54, 1.807) is 6.07 Å². The smallest absolute Gasteiger partial charge is 0.261 e. The van der Waals surface area contributed by atoms with E-state index >= 15 is 0 Å². The van der Waals surface area contributed by atoms with E-state index in [2.05, 4.69) is 17.6 Å². The molecular weight excluding hydrogens is 262 g/mol. The summed E-state index contributed by atoms with van der Waals surface area (Å²) in [5, 5.41) is 7.85. The molecule has 0 spiro atoms. The number of carbonyl (C=O) groups is 2. The summed E-state index contributed by atoms with van der Waals surface area (Å²) in [6.45, 7) is 5.65. The van der Waals surface area contributed by atoms with E-state index in [0.29, 0.717) is 11.4 Å². The molecule has 2 heterocycles. The van der Waals surface area contributed by atoms with Gasteiger partial charge >= 0.3 is 0 Å². The van der Waals surface area contributed by atoms with Gasteiger partial charge in [0.05, 0.1) is 11.4 Å². The summed E-state index contributed by atoms with van der Waals surface area (Å²) in [7, 11) is 0. The fraction of sp³-hybridized carbons (Fsp3) is 0.538. The molecule has 2 unspecified atom stereocenters. The molecule has 0 saturated carbocycles. The molecule has 0 aromatic carbocycles. The van der Waals surface area contributed by atoms with Crippen molar-refractivity contribution in [3.63, 3.8) is 0 Å². The average molecular weight is 281 g/mol. The van der Waals surface area contributed by atoms with Crippen LogP contribution in [-0.4, -0.2) is 48.4 Å². The highest BCUT2D eigenvalue weighted by molar-refractivity contribution is 7.12. The number of carbonyl (C=O) groups excluding carboxylic acids is 2. The molecule has 5 nitrogen and oxygen atoms in total. The molecule has 0 radical (unpaired) electrons. The Morgan fingerprint density at radius 2 is 2.32 bits per heavy atom. The summed E-state index contributed by atoms with van der Waals surface area (Å²) in [6.07, 6.45) is 0. The summed E-state index contributed by atoms with van der Waals surface area (Å²) in [5.41, 5.74) is 0. The van der Waals surface area contributed by atoms with Crippen LogP contribution in [-0.2, 0) is 4.79 Å². The van der Waals surface area contributed by atoms with Crippen molar-refractivity contribution in [2.45, 2.75) is 25.9 Å². The second-order valence-corrected chi connectivity index (χ2v) is 5.68. The predicted molar refractivity (Wildman–Crippen MR) is 75.3 cm³/mol. The summed E-state index contributed by atoms with van der Waals surface area (Å²) < 4.78 is 0. The normalized spacial score (nSPS) is 23.2. The van der Waals surface area contributed by atoms with Gasteiger partial charge in [0, 0.05) is 25.2 Å². The molecule has 2 N–H and O–H groups in total. The van der Waals surface area contributed by atoms with Crippen LogP contribution >= 0.6 is 11.3 Å². The quantitative estimate of drug-likeness (QED) is 0.857. The highest BCUT2D eigenvalue weighted by Crippen LogP contribution is 2.10. The first kappa shape index (κ1) is 14.0. The minimum atomic E-state index is -0.181. The van der Waals surface area contributed by atoms with Crippen molar-refractivity contribution in [3.8, 4) is 0 Å². The topological polar surface area (TPSA) is 61.4 Å². The van der Waals surface area contributed by atoms with E-state index in [1.165, 1.54) is 11.3 Å². The zero-order chi connectivity index (χ0) is 13.8. The first-order chi connectivity index (χ1) is 9.09. The number of thiophene rings is 1. The fourth-order valence-electron chi connectivity index (χ4n) is 2.16. The molecule has 19 heavy (non-hydrogen) atoms. The Hall–Kier alpha value is -1.40. The first-order valence-electron chi connectivity index (χ1n) is 6.44. The number of hydrogen-bond acceptors (Lipinski definition) is 4. The van der Waals surface area contributed by atoms with Gasteiger partial charge in [-0.3, -0.25) is 9.59 Å². The maximum atomic E-state index is 12.1. The average Bonchev–Trinajstić information content (AvgIpc) is 2.93. The third-order valence-electron chi connectivity index (χ3n) is 3.50. The standard InChI is InChI=1S/C13H19N3O2S/c1-9-10(2)16(6-5-14-9)12(17)8-15-13(18)11-4-3-7-19-11/h3-4,7,9-10,14H,5-6,8H2,1-2H3,(H,15,18). The van der Waals surface area contributed by atoms with Crippen LogP contribution in [0, 0.1) is 0 Å². The van der Waals surface area contributed by atoms with Crippen molar-refractivity contribution >= 4 is 23.2 Å². The van der Waals surface area contributed by atoms with Gasteiger partial charge < -0.3 is 15.5 Å². The maximum absolute atomic E-state index is 12.1. The molecule has 2 atom stereocenters. The van der Waals surface area contributed by atoms with Crippen LogP contribution in [0.3, 0.4) is 0 Å².